The highest BCUT2D eigenvalue weighted by Gasteiger charge is 2.27. The summed E-state index contributed by atoms with van der Waals surface area (Å²) in [4.78, 5) is 40.3. The summed E-state index contributed by atoms with van der Waals surface area (Å²) >= 11 is 1.43. The molecule has 28 heavy (non-hydrogen) atoms. The Kier molecular flexibility index (Phi) is 4.12. The van der Waals surface area contributed by atoms with Gasteiger partial charge in [-0.15, -0.1) is 11.3 Å². The lowest BCUT2D eigenvalue weighted by Crippen LogP contribution is -2.40. The van der Waals surface area contributed by atoms with Crippen LogP contribution < -0.4 is 5.56 Å². The molecule has 0 aliphatic carbocycles. The highest BCUT2D eigenvalue weighted by molar-refractivity contribution is 7.20. The summed E-state index contributed by atoms with van der Waals surface area (Å²) in [5.41, 5.74) is 1.24. The molecule has 140 valence electrons. The van der Waals surface area contributed by atoms with Crippen LogP contribution in [0.4, 0.5) is 0 Å². The van der Waals surface area contributed by atoms with Gasteiger partial charge in [0.2, 0.25) is 0 Å². The molecule has 1 aromatic carbocycles. The second-order valence-corrected chi connectivity index (χ2v) is 7.87. The monoisotopic (exact) mass is 391 g/mol. The number of carbonyl (C=O) groups is 1. The van der Waals surface area contributed by atoms with E-state index >= 15 is 0 Å². The number of hydrogen-bond donors (Lipinski definition) is 0. The number of benzene rings is 1. The van der Waals surface area contributed by atoms with Crippen molar-refractivity contribution in [1.82, 2.24) is 24.4 Å². The zero-order chi connectivity index (χ0) is 19.1. The van der Waals surface area contributed by atoms with Crippen molar-refractivity contribution in [2.45, 2.75) is 18.9 Å². The van der Waals surface area contributed by atoms with Crippen molar-refractivity contribution in [3.05, 3.63) is 64.3 Å². The topological polar surface area (TPSA) is 81.0 Å². The maximum absolute atomic E-state index is 12.8. The summed E-state index contributed by atoms with van der Waals surface area (Å²) in [5, 5.41) is 1.05. The Balaban J connectivity index is 1.34. The molecule has 5 rings (SSSR count). The quantitative estimate of drug-likeness (QED) is 0.525. The van der Waals surface area contributed by atoms with E-state index in [1.165, 1.54) is 11.3 Å². The molecular weight excluding hydrogens is 374 g/mol. The first kappa shape index (κ1) is 17.0. The smallest absolute Gasteiger partial charge is 0.282 e. The average molecular weight is 391 g/mol. The molecular formula is C20H17N5O2S. The zero-order valence-electron chi connectivity index (χ0n) is 15.0. The third-order valence-electron chi connectivity index (χ3n) is 5.18. The lowest BCUT2D eigenvalue weighted by molar-refractivity contribution is 0.0693. The maximum Gasteiger partial charge on any atom is 0.282 e. The van der Waals surface area contributed by atoms with Crippen LogP contribution in [0.5, 0.6) is 0 Å². The fourth-order valence-electron chi connectivity index (χ4n) is 3.68. The van der Waals surface area contributed by atoms with Gasteiger partial charge in [-0.1, -0.05) is 12.1 Å². The van der Waals surface area contributed by atoms with E-state index < -0.39 is 0 Å². The van der Waals surface area contributed by atoms with E-state index in [-0.39, 0.29) is 17.5 Å². The van der Waals surface area contributed by atoms with Gasteiger partial charge < -0.3 is 4.90 Å². The lowest BCUT2D eigenvalue weighted by atomic mass is 10.0. The van der Waals surface area contributed by atoms with E-state index in [1.807, 2.05) is 29.2 Å². The molecule has 0 bridgehead atoms. The van der Waals surface area contributed by atoms with E-state index in [0.717, 1.165) is 10.2 Å². The van der Waals surface area contributed by atoms with Gasteiger partial charge in [0.05, 0.1) is 15.6 Å². The highest BCUT2D eigenvalue weighted by Crippen LogP contribution is 2.26. The van der Waals surface area contributed by atoms with Gasteiger partial charge in [0.1, 0.15) is 6.33 Å². The Bertz CT molecular complexity index is 1210. The molecule has 4 heterocycles. The van der Waals surface area contributed by atoms with Crippen molar-refractivity contribution in [1.29, 1.82) is 0 Å². The summed E-state index contributed by atoms with van der Waals surface area (Å²) in [6, 6.07) is 11.3. The van der Waals surface area contributed by atoms with Gasteiger partial charge in [0.25, 0.3) is 11.5 Å². The highest BCUT2D eigenvalue weighted by atomic mass is 32.1. The first-order valence-electron chi connectivity index (χ1n) is 9.17. The van der Waals surface area contributed by atoms with Crippen molar-refractivity contribution in [3.8, 4) is 0 Å². The average Bonchev–Trinajstić information content (AvgIpc) is 3.18. The molecule has 1 amide bonds. The first-order chi connectivity index (χ1) is 13.7. The second kappa shape index (κ2) is 6.79. The van der Waals surface area contributed by atoms with Crippen LogP contribution in [-0.4, -0.2) is 43.4 Å². The number of pyridine rings is 1. The van der Waals surface area contributed by atoms with Crippen LogP contribution >= 0.6 is 11.3 Å². The SMILES string of the molecule is O=C(c1nc2ccccc2s1)N1CCC(n2cnc3ncccc3c2=O)CC1. The number of likely N-dealkylation sites (tertiary alicyclic amines) is 1. The van der Waals surface area contributed by atoms with Crippen molar-refractivity contribution >= 4 is 38.5 Å². The molecule has 4 aromatic rings. The summed E-state index contributed by atoms with van der Waals surface area (Å²) in [7, 11) is 0. The molecule has 0 radical (unpaired) electrons. The normalized spacial score (nSPS) is 15.4. The third-order valence-corrected chi connectivity index (χ3v) is 6.20. The molecule has 1 saturated heterocycles. The van der Waals surface area contributed by atoms with Crippen LogP contribution in [0.25, 0.3) is 21.3 Å². The van der Waals surface area contributed by atoms with E-state index in [9.17, 15) is 9.59 Å². The van der Waals surface area contributed by atoms with Crippen molar-refractivity contribution in [2.75, 3.05) is 13.1 Å². The van der Waals surface area contributed by atoms with E-state index in [1.54, 1.807) is 29.2 Å². The number of fused-ring (bicyclic) bond motifs is 2. The van der Waals surface area contributed by atoms with Crippen LogP contribution in [0, 0.1) is 0 Å². The van der Waals surface area contributed by atoms with Gasteiger partial charge >= 0.3 is 0 Å². The minimum atomic E-state index is -0.0750. The molecule has 1 aliphatic rings. The molecule has 0 spiro atoms. The van der Waals surface area contributed by atoms with Gasteiger partial charge in [-0.05, 0) is 37.1 Å². The van der Waals surface area contributed by atoms with E-state index in [4.69, 9.17) is 0 Å². The van der Waals surface area contributed by atoms with Crippen LogP contribution in [-0.2, 0) is 0 Å². The molecule has 0 saturated carbocycles. The predicted molar refractivity (Wildman–Crippen MR) is 108 cm³/mol. The summed E-state index contributed by atoms with van der Waals surface area (Å²) in [6.07, 6.45) is 4.63. The van der Waals surface area contributed by atoms with Crippen molar-refractivity contribution in [3.63, 3.8) is 0 Å². The number of nitrogens with zero attached hydrogens (tertiary/aromatic N) is 5. The zero-order valence-corrected chi connectivity index (χ0v) is 15.8. The van der Waals surface area contributed by atoms with Crippen molar-refractivity contribution in [2.24, 2.45) is 0 Å². The summed E-state index contributed by atoms with van der Waals surface area (Å²) in [5.74, 6) is -0.0344. The number of aromatic nitrogens is 4. The van der Waals surface area contributed by atoms with Crippen molar-refractivity contribution < 1.29 is 4.79 Å². The Morgan fingerprint density at radius 1 is 1.07 bits per heavy atom. The Hall–Kier alpha value is -3.13. The molecule has 8 heteroatoms. The number of thiazole rings is 1. The van der Waals surface area contributed by atoms with Crippen LogP contribution in [0.15, 0.2) is 53.7 Å². The molecule has 1 fully saturated rings. The fraction of sp³-hybridized carbons (Fsp3) is 0.250. The maximum atomic E-state index is 12.8. The molecule has 7 nitrogen and oxygen atoms in total. The van der Waals surface area contributed by atoms with E-state index in [0.29, 0.717) is 42.0 Å². The number of amides is 1. The first-order valence-corrected chi connectivity index (χ1v) is 9.99. The second-order valence-electron chi connectivity index (χ2n) is 6.84. The Morgan fingerprint density at radius 2 is 1.89 bits per heavy atom. The lowest BCUT2D eigenvalue weighted by Gasteiger charge is -2.32. The number of carbonyl (C=O) groups excluding carboxylic acids is 1. The number of piperidine rings is 1. The number of rotatable bonds is 2. The van der Waals surface area contributed by atoms with E-state index in [2.05, 4.69) is 15.0 Å². The van der Waals surface area contributed by atoms with Gasteiger partial charge in [0, 0.05) is 25.3 Å². The van der Waals surface area contributed by atoms with Gasteiger partial charge in [0.15, 0.2) is 10.7 Å². The molecule has 0 unspecified atom stereocenters. The van der Waals surface area contributed by atoms with Crippen LogP contribution in [0.2, 0.25) is 0 Å². The minimum Gasteiger partial charge on any atom is -0.336 e. The van der Waals surface area contributed by atoms with Crippen LogP contribution in [0.1, 0.15) is 28.7 Å². The summed E-state index contributed by atoms with van der Waals surface area (Å²) < 4.78 is 2.70. The third kappa shape index (κ3) is 2.86. The number of hydrogen-bond acceptors (Lipinski definition) is 6. The van der Waals surface area contributed by atoms with Crippen LogP contribution in [0.3, 0.4) is 0 Å². The predicted octanol–water partition coefficient (Wildman–Crippen LogP) is 2.88. The summed E-state index contributed by atoms with van der Waals surface area (Å²) in [6.45, 7) is 1.19. The molecule has 1 aliphatic heterocycles. The molecule has 3 aromatic heterocycles. The molecule has 0 N–H and O–H groups in total. The Labute approximate surface area is 164 Å². The largest absolute Gasteiger partial charge is 0.336 e. The fourth-order valence-corrected chi connectivity index (χ4v) is 4.61. The minimum absolute atomic E-state index is 0.0315. The van der Waals surface area contributed by atoms with Gasteiger partial charge in [-0.25, -0.2) is 15.0 Å². The number of para-hydroxylation sites is 1. The van der Waals surface area contributed by atoms with Gasteiger partial charge in [-0.2, -0.15) is 0 Å². The Morgan fingerprint density at radius 3 is 2.71 bits per heavy atom. The standard InChI is InChI=1S/C20H17N5O2S/c26-19-14-4-3-9-21-17(14)22-12-25(19)13-7-10-24(11-8-13)20(27)18-23-15-5-1-2-6-16(15)28-18/h1-6,9,12-13H,7-8,10-11H2. The molecule has 0 atom stereocenters. The van der Waals surface area contributed by atoms with Gasteiger partial charge in [-0.3, -0.25) is 14.2 Å².